The normalized spacial score (nSPS) is 21.2. The van der Waals surface area contributed by atoms with Crippen molar-refractivity contribution in [3.8, 4) is 0 Å². The van der Waals surface area contributed by atoms with E-state index in [1.807, 2.05) is 12.0 Å². The molecule has 0 N–H and O–H groups in total. The van der Waals surface area contributed by atoms with Crippen molar-refractivity contribution in [2.24, 2.45) is 0 Å². The molecule has 1 heterocycles. The van der Waals surface area contributed by atoms with E-state index in [1.54, 1.807) is 0 Å². The van der Waals surface area contributed by atoms with Crippen molar-refractivity contribution in [1.82, 2.24) is 0 Å². The van der Waals surface area contributed by atoms with Gasteiger partial charge in [0.2, 0.25) is 0 Å². The van der Waals surface area contributed by atoms with E-state index >= 15 is 0 Å². The van der Waals surface area contributed by atoms with Crippen LogP contribution in [0.1, 0.15) is 46.6 Å². The summed E-state index contributed by atoms with van der Waals surface area (Å²) >= 11 is 0. The molecule has 1 aromatic carbocycles. The van der Waals surface area contributed by atoms with Crippen LogP contribution in [-0.4, -0.2) is 18.3 Å². The molecule has 1 fully saturated rings. The first-order valence-electron chi connectivity index (χ1n) is 7.55. The topological polar surface area (TPSA) is 18.5 Å². The maximum Gasteiger partial charge on any atom is 0.486 e. The van der Waals surface area contributed by atoms with Crippen molar-refractivity contribution in [3.05, 3.63) is 53.5 Å². The van der Waals surface area contributed by atoms with E-state index in [1.165, 1.54) is 11.1 Å². The van der Waals surface area contributed by atoms with Gasteiger partial charge >= 0.3 is 7.12 Å². The van der Waals surface area contributed by atoms with Crippen LogP contribution in [0.25, 0.3) is 6.08 Å². The Morgan fingerprint density at radius 2 is 1.62 bits per heavy atom. The molecule has 21 heavy (non-hydrogen) atoms. The zero-order valence-corrected chi connectivity index (χ0v) is 13.7. The van der Waals surface area contributed by atoms with Crippen LogP contribution in [0, 0.1) is 0 Å². The van der Waals surface area contributed by atoms with E-state index in [9.17, 15) is 0 Å². The minimum Gasteiger partial charge on any atom is -0.400 e. The van der Waals surface area contributed by atoms with E-state index in [-0.39, 0.29) is 18.3 Å². The van der Waals surface area contributed by atoms with Crippen molar-refractivity contribution in [1.29, 1.82) is 0 Å². The van der Waals surface area contributed by atoms with Crippen molar-refractivity contribution >= 4 is 13.2 Å². The lowest BCUT2D eigenvalue weighted by Crippen LogP contribution is -2.41. The van der Waals surface area contributed by atoms with E-state index < -0.39 is 0 Å². The summed E-state index contributed by atoms with van der Waals surface area (Å²) in [5, 5.41) is 0. The molecule has 2 rings (SSSR count). The Labute approximate surface area is 129 Å². The molecule has 1 saturated heterocycles. The molecule has 0 amide bonds. The van der Waals surface area contributed by atoms with Gasteiger partial charge in [-0.05, 0) is 46.6 Å². The molecule has 0 aromatic heterocycles. The Hall–Kier alpha value is -1.32. The van der Waals surface area contributed by atoms with Crippen LogP contribution in [0.5, 0.6) is 0 Å². The molecule has 0 saturated carbocycles. The first-order chi connectivity index (χ1) is 9.80. The van der Waals surface area contributed by atoms with Gasteiger partial charge in [0.1, 0.15) is 0 Å². The van der Waals surface area contributed by atoms with Gasteiger partial charge in [-0.25, -0.2) is 0 Å². The van der Waals surface area contributed by atoms with Crippen LogP contribution in [0.3, 0.4) is 0 Å². The van der Waals surface area contributed by atoms with Crippen LogP contribution in [0.4, 0.5) is 0 Å². The lowest BCUT2D eigenvalue weighted by atomic mass is 9.89. The zero-order valence-electron chi connectivity index (χ0n) is 13.7. The highest BCUT2D eigenvalue weighted by atomic mass is 16.7. The number of hydrogen-bond acceptors (Lipinski definition) is 2. The van der Waals surface area contributed by atoms with Gasteiger partial charge in [0.05, 0.1) is 11.2 Å². The molecule has 3 heteroatoms. The van der Waals surface area contributed by atoms with E-state index in [4.69, 9.17) is 9.31 Å². The highest BCUT2D eigenvalue weighted by Crippen LogP contribution is 2.36. The number of rotatable bonds is 4. The van der Waals surface area contributed by atoms with Gasteiger partial charge in [-0.15, -0.1) is 0 Å². The molecule has 0 bridgehead atoms. The molecule has 112 valence electrons. The zero-order chi connectivity index (χ0) is 15.5. The molecule has 0 aliphatic carbocycles. The molecule has 0 atom stereocenters. The lowest BCUT2D eigenvalue weighted by molar-refractivity contribution is 0.00578. The van der Waals surface area contributed by atoms with Crippen molar-refractivity contribution in [3.63, 3.8) is 0 Å². The standard InChI is InChI=1S/C18H25BO2/c1-15(14-16-11-7-6-8-12-16)10-9-13-19-20-17(2,3)18(4,5)21-19/h6-9,11-14H,10H2,1-5H3/b13-9+,15-14+. The number of benzene rings is 1. The smallest absolute Gasteiger partial charge is 0.400 e. The molecule has 0 radical (unpaired) electrons. The summed E-state index contributed by atoms with van der Waals surface area (Å²) in [4.78, 5) is 0. The molecular weight excluding hydrogens is 259 g/mol. The third-order valence-electron chi connectivity index (χ3n) is 4.22. The molecular formula is C18H25BO2. The van der Waals surface area contributed by atoms with Gasteiger partial charge < -0.3 is 9.31 Å². The molecule has 1 aliphatic heterocycles. The Morgan fingerprint density at radius 1 is 1.05 bits per heavy atom. The van der Waals surface area contributed by atoms with Gasteiger partial charge in [0.25, 0.3) is 0 Å². The van der Waals surface area contributed by atoms with Crippen LogP contribution < -0.4 is 0 Å². The quantitative estimate of drug-likeness (QED) is 0.748. The summed E-state index contributed by atoms with van der Waals surface area (Å²) in [6.45, 7) is 10.4. The van der Waals surface area contributed by atoms with Crippen LogP contribution in [-0.2, 0) is 9.31 Å². The highest BCUT2D eigenvalue weighted by molar-refractivity contribution is 6.51. The van der Waals surface area contributed by atoms with Crippen LogP contribution in [0.15, 0.2) is 48.0 Å². The maximum atomic E-state index is 5.94. The lowest BCUT2D eigenvalue weighted by Gasteiger charge is -2.32. The van der Waals surface area contributed by atoms with Crippen molar-refractivity contribution < 1.29 is 9.31 Å². The van der Waals surface area contributed by atoms with Gasteiger partial charge in [0.15, 0.2) is 0 Å². The fraction of sp³-hybridized carbons (Fsp3) is 0.444. The highest BCUT2D eigenvalue weighted by Gasteiger charge is 2.49. The minimum absolute atomic E-state index is 0.250. The number of allylic oxidation sites excluding steroid dienone is 2. The average molecular weight is 284 g/mol. The number of hydrogen-bond donors (Lipinski definition) is 0. The van der Waals surface area contributed by atoms with Gasteiger partial charge in [0, 0.05) is 0 Å². The molecule has 0 unspecified atom stereocenters. The first kappa shape index (κ1) is 16.1. The SMILES string of the molecule is C/C(=C\c1ccccc1)C/C=C/B1OC(C)(C)C(C)(C)O1. The fourth-order valence-corrected chi connectivity index (χ4v) is 2.22. The minimum atomic E-state index is -0.267. The van der Waals surface area contributed by atoms with Gasteiger partial charge in [-0.1, -0.05) is 54.0 Å². The fourth-order valence-electron chi connectivity index (χ4n) is 2.22. The molecule has 0 spiro atoms. The van der Waals surface area contributed by atoms with Crippen molar-refractivity contribution in [2.75, 3.05) is 0 Å². The predicted molar refractivity (Wildman–Crippen MR) is 89.9 cm³/mol. The summed E-state index contributed by atoms with van der Waals surface area (Å²) in [5.41, 5.74) is 2.02. The third-order valence-corrected chi connectivity index (χ3v) is 4.22. The van der Waals surface area contributed by atoms with Crippen molar-refractivity contribution in [2.45, 2.75) is 52.2 Å². The Balaban J connectivity index is 1.91. The second-order valence-corrected chi connectivity index (χ2v) is 6.66. The Morgan fingerprint density at radius 3 is 2.19 bits per heavy atom. The van der Waals surface area contributed by atoms with Crippen LogP contribution in [0.2, 0.25) is 0 Å². The monoisotopic (exact) mass is 284 g/mol. The average Bonchev–Trinajstić information content (AvgIpc) is 2.58. The Kier molecular flexibility index (Phi) is 4.75. The summed E-state index contributed by atoms with van der Waals surface area (Å²) < 4.78 is 11.9. The summed E-state index contributed by atoms with van der Waals surface area (Å²) in [7, 11) is -0.250. The van der Waals surface area contributed by atoms with E-state index in [0.717, 1.165) is 6.42 Å². The van der Waals surface area contributed by atoms with E-state index in [0.29, 0.717) is 0 Å². The van der Waals surface area contributed by atoms with Gasteiger partial charge in [-0.2, -0.15) is 0 Å². The van der Waals surface area contributed by atoms with Gasteiger partial charge in [-0.3, -0.25) is 0 Å². The molecule has 2 nitrogen and oxygen atoms in total. The molecule has 1 aromatic rings. The molecule has 1 aliphatic rings. The predicted octanol–water partition coefficient (Wildman–Crippen LogP) is 4.67. The Bertz CT molecular complexity index is 513. The summed E-state index contributed by atoms with van der Waals surface area (Å²) in [6, 6.07) is 10.4. The summed E-state index contributed by atoms with van der Waals surface area (Å²) in [6.07, 6.45) is 5.23. The second-order valence-electron chi connectivity index (χ2n) is 6.66. The third kappa shape index (κ3) is 4.08. The largest absolute Gasteiger partial charge is 0.486 e. The van der Waals surface area contributed by atoms with E-state index in [2.05, 4.69) is 71.0 Å². The first-order valence-corrected chi connectivity index (χ1v) is 7.55. The second kappa shape index (κ2) is 6.21. The summed E-state index contributed by atoms with van der Waals surface area (Å²) in [5.74, 6) is 2.01. The van der Waals surface area contributed by atoms with Crippen LogP contribution >= 0.6 is 0 Å². The maximum absolute atomic E-state index is 5.94.